The van der Waals surface area contributed by atoms with Gasteiger partial charge in [-0.3, -0.25) is 4.90 Å². The predicted molar refractivity (Wildman–Crippen MR) is 76.2 cm³/mol. The van der Waals surface area contributed by atoms with Crippen molar-refractivity contribution >= 4 is 0 Å². The highest BCUT2D eigenvalue weighted by Crippen LogP contribution is 2.38. The second-order valence-electron chi connectivity index (χ2n) is 7.57. The fourth-order valence-corrected chi connectivity index (χ4v) is 4.32. The van der Waals surface area contributed by atoms with E-state index in [2.05, 4.69) is 18.7 Å². The zero-order chi connectivity index (χ0) is 13.5. The van der Waals surface area contributed by atoms with Gasteiger partial charge in [-0.05, 0) is 58.9 Å². The topological polar surface area (TPSA) is 32.7 Å². The predicted octanol–water partition coefficient (Wildman–Crippen LogP) is 2.71. The molecule has 2 heterocycles. The van der Waals surface area contributed by atoms with E-state index in [0.29, 0.717) is 12.1 Å². The molecule has 3 rings (SSSR count). The van der Waals surface area contributed by atoms with E-state index in [1.165, 1.54) is 32.1 Å². The van der Waals surface area contributed by atoms with Gasteiger partial charge in [0, 0.05) is 12.6 Å². The lowest BCUT2D eigenvalue weighted by Gasteiger charge is -2.50. The Bertz CT molecular complexity index is 323. The van der Waals surface area contributed by atoms with E-state index in [-0.39, 0.29) is 5.60 Å². The Labute approximate surface area is 117 Å². The quantitative estimate of drug-likeness (QED) is 0.835. The van der Waals surface area contributed by atoms with Crippen LogP contribution in [0.3, 0.4) is 0 Å². The first-order chi connectivity index (χ1) is 8.98. The Kier molecular flexibility index (Phi) is 3.65. The van der Waals surface area contributed by atoms with Gasteiger partial charge in [-0.2, -0.15) is 0 Å². The van der Waals surface area contributed by atoms with Gasteiger partial charge in [0.2, 0.25) is 0 Å². The van der Waals surface area contributed by atoms with Gasteiger partial charge >= 0.3 is 0 Å². The third kappa shape index (κ3) is 2.98. The van der Waals surface area contributed by atoms with Gasteiger partial charge in [-0.1, -0.05) is 12.8 Å². The maximum atomic E-state index is 10.7. The number of ether oxygens (including phenoxy) is 1. The molecule has 1 saturated carbocycles. The fourth-order valence-electron chi connectivity index (χ4n) is 4.32. The van der Waals surface area contributed by atoms with Crippen LogP contribution in [0.15, 0.2) is 0 Å². The second-order valence-corrected chi connectivity index (χ2v) is 7.57. The molecule has 19 heavy (non-hydrogen) atoms. The molecule has 0 radical (unpaired) electrons. The van der Waals surface area contributed by atoms with E-state index in [4.69, 9.17) is 4.74 Å². The van der Waals surface area contributed by atoms with Crippen LogP contribution in [-0.4, -0.2) is 46.4 Å². The summed E-state index contributed by atoms with van der Waals surface area (Å²) in [5.74, 6) is 0. The van der Waals surface area contributed by atoms with E-state index >= 15 is 0 Å². The first-order valence-corrected chi connectivity index (χ1v) is 8.12. The van der Waals surface area contributed by atoms with Crippen LogP contribution in [0.4, 0.5) is 0 Å². The maximum absolute atomic E-state index is 10.7. The van der Waals surface area contributed by atoms with Crippen molar-refractivity contribution in [3.63, 3.8) is 0 Å². The maximum Gasteiger partial charge on any atom is 0.0774 e. The van der Waals surface area contributed by atoms with Crippen LogP contribution in [0, 0.1) is 0 Å². The van der Waals surface area contributed by atoms with Crippen molar-refractivity contribution in [3.8, 4) is 0 Å². The standard InChI is InChI=1S/C16H29NO2/c1-15(2)10-7-13-14(19-15)6-5-11-17(13)12-16(18)8-3-4-9-16/h13-14,18H,3-12H2,1-2H3/t13-,14-/m1/s1. The normalized spacial score (nSPS) is 38.1. The summed E-state index contributed by atoms with van der Waals surface area (Å²) in [6, 6.07) is 0.548. The number of nitrogens with zero attached hydrogens (tertiary/aromatic N) is 1. The summed E-state index contributed by atoms with van der Waals surface area (Å²) in [4.78, 5) is 2.54. The van der Waals surface area contributed by atoms with Crippen LogP contribution in [0.25, 0.3) is 0 Å². The highest BCUT2D eigenvalue weighted by molar-refractivity contribution is 4.96. The van der Waals surface area contributed by atoms with Crippen molar-refractivity contribution in [2.24, 2.45) is 0 Å². The SMILES string of the molecule is CC1(C)CC[C@@H]2[C@@H](CCCN2CC2(O)CCCC2)O1. The van der Waals surface area contributed by atoms with E-state index < -0.39 is 5.60 Å². The molecule has 2 atom stereocenters. The van der Waals surface area contributed by atoms with Crippen molar-refractivity contribution in [1.29, 1.82) is 0 Å². The summed E-state index contributed by atoms with van der Waals surface area (Å²) in [6.07, 6.45) is 9.56. The Morgan fingerprint density at radius 3 is 2.58 bits per heavy atom. The first kappa shape index (κ1) is 13.8. The minimum Gasteiger partial charge on any atom is -0.389 e. The second kappa shape index (κ2) is 5.01. The number of likely N-dealkylation sites (tertiary alicyclic amines) is 1. The monoisotopic (exact) mass is 267 g/mol. The van der Waals surface area contributed by atoms with Gasteiger partial charge in [-0.25, -0.2) is 0 Å². The van der Waals surface area contributed by atoms with E-state index in [1.807, 2.05) is 0 Å². The summed E-state index contributed by atoms with van der Waals surface area (Å²) in [7, 11) is 0. The molecule has 0 amide bonds. The molecule has 0 aromatic heterocycles. The lowest BCUT2D eigenvalue weighted by molar-refractivity contribution is -0.165. The van der Waals surface area contributed by atoms with Crippen LogP contribution in [-0.2, 0) is 4.74 Å². The zero-order valence-corrected chi connectivity index (χ0v) is 12.5. The lowest BCUT2D eigenvalue weighted by atomic mass is 9.85. The molecule has 2 saturated heterocycles. The van der Waals surface area contributed by atoms with Gasteiger partial charge in [-0.15, -0.1) is 0 Å². The van der Waals surface area contributed by atoms with Crippen LogP contribution in [0.5, 0.6) is 0 Å². The number of rotatable bonds is 2. The lowest BCUT2D eigenvalue weighted by Crippen LogP contribution is -2.58. The summed E-state index contributed by atoms with van der Waals surface area (Å²) in [5, 5.41) is 10.7. The summed E-state index contributed by atoms with van der Waals surface area (Å²) in [5.41, 5.74) is -0.358. The number of hydrogen-bond acceptors (Lipinski definition) is 3. The number of aliphatic hydroxyl groups is 1. The Morgan fingerprint density at radius 1 is 1.11 bits per heavy atom. The average molecular weight is 267 g/mol. The number of fused-ring (bicyclic) bond motifs is 1. The zero-order valence-electron chi connectivity index (χ0n) is 12.5. The molecule has 0 spiro atoms. The number of piperidine rings is 1. The molecule has 0 aromatic rings. The molecule has 3 aliphatic rings. The molecule has 3 fully saturated rings. The van der Waals surface area contributed by atoms with Crippen LogP contribution < -0.4 is 0 Å². The average Bonchev–Trinajstić information content (AvgIpc) is 2.74. The van der Waals surface area contributed by atoms with Crippen molar-refractivity contribution in [1.82, 2.24) is 4.90 Å². The van der Waals surface area contributed by atoms with Gasteiger partial charge < -0.3 is 9.84 Å². The Morgan fingerprint density at radius 2 is 1.84 bits per heavy atom. The molecule has 0 aromatic carbocycles. The summed E-state index contributed by atoms with van der Waals surface area (Å²) < 4.78 is 6.28. The van der Waals surface area contributed by atoms with Crippen molar-refractivity contribution in [3.05, 3.63) is 0 Å². The molecule has 3 heteroatoms. The van der Waals surface area contributed by atoms with Crippen molar-refractivity contribution < 1.29 is 9.84 Å². The first-order valence-electron chi connectivity index (χ1n) is 8.12. The van der Waals surface area contributed by atoms with E-state index in [1.54, 1.807) is 0 Å². The van der Waals surface area contributed by atoms with Crippen LogP contribution in [0.1, 0.15) is 65.2 Å². The molecular formula is C16H29NO2. The molecule has 1 aliphatic carbocycles. The van der Waals surface area contributed by atoms with E-state index in [0.717, 1.165) is 32.4 Å². The number of β-amino-alcohol motifs (C(OH)–C–C–N with tert-alkyl or cyclic N) is 1. The van der Waals surface area contributed by atoms with Gasteiger partial charge in [0.05, 0.1) is 17.3 Å². The van der Waals surface area contributed by atoms with Crippen LogP contribution in [0.2, 0.25) is 0 Å². The summed E-state index contributed by atoms with van der Waals surface area (Å²) >= 11 is 0. The molecule has 2 aliphatic heterocycles. The highest BCUT2D eigenvalue weighted by atomic mass is 16.5. The largest absolute Gasteiger partial charge is 0.389 e. The number of hydrogen-bond donors (Lipinski definition) is 1. The Hall–Kier alpha value is -0.120. The van der Waals surface area contributed by atoms with Crippen LogP contribution >= 0.6 is 0 Å². The van der Waals surface area contributed by atoms with Gasteiger partial charge in [0.1, 0.15) is 0 Å². The molecule has 0 unspecified atom stereocenters. The molecule has 1 N–H and O–H groups in total. The van der Waals surface area contributed by atoms with E-state index in [9.17, 15) is 5.11 Å². The smallest absolute Gasteiger partial charge is 0.0774 e. The van der Waals surface area contributed by atoms with Crippen molar-refractivity contribution in [2.45, 2.75) is 88.6 Å². The summed E-state index contributed by atoms with van der Waals surface area (Å²) in [6.45, 7) is 6.45. The third-order valence-electron chi connectivity index (χ3n) is 5.38. The third-order valence-corrected chi connectivity index (χ3v) is 5.38. The molecular weight excluding hydrogens is 238 g/mol. The Balaban J connectivity index is 1.66. The minimum absolute atomic E-state index is 0.0500. The minimum atomic E-state index is -0.408. The fraction of sp³-hybridized carbons (Fsp3) is 1.00. The molecule has 3 nitrogen and oxygen atoms in total. The van der Waals surface area contributed by atoms with Gasteiger partial charge in [0.15, 0.2) is 0 Å². The molecule has 0 bridgehead atoms. The van der Waals surface area contributed by atoms with Crippen molar-refractivity contribution in [2.75, 3.05) is 13.1 Å². The van der Waals surface area contributed by atoms with Gasteiger partial charge in [0.25, 0.3) is 0 Å². The molecule has 110 valence electrons. The highest BCUT2D eigenvalue weighted by Gasteiger charge is 2.43.